The number of phenolic OH excluding ortho intramolecular Hbond substituents is 1. The first-order chi connectivity index (χ1) is 16.4. The summed E-state index contributed by atoms with van der Waals surface area (Å²) in [7, 11) is 0. The number of oxazole rings is 1. The van der Waals surface area contributed by atoms with Gasteiger partial charge >= 0.3 is 0 Å². The highest BCUT2D eigenvalue weighted by Gasteiger charge is 2.16. The zero-order valence-electron chi connectivity index (χ0n) is 17.9. The number of nitrogens with one attached hydrogen (secondary N) is 2. The third-order valence-corrected chi connectivity index (χ3v) is 6.26. The Kier molecular flexibility index (Phi) is 5.77. The maximum Gasteiger partial charge on any atom is 0.258 e. The van der Waals surface area contributed by atoms with Crippen molar-refractivity contribution in [2.24, 2.45) is 0 Å². The van der Waals surface area contributed by atoms with E-state index in [2.05, 4.69) is 31.5 Å². The number of carbonyl (C=O) groups is 1. The van der Waals surface area contributed by atoms with Gasteiger partial charge in [0.25, 0.3) is 5.91 Å². The fourth-order valence-corrected chi connectivity index (χ4v) is 4.45. The highest BCUT2D eigenvalue weighted by molar-refractivity contribution is 9.10. The minimum absolute atomic E-state index is 0.0186. The molecule has 0 fully saturated rings. The number of nitrogens with zero attached hydrogens (tertiary/aromatic N) is 1. The molecule has 6 nitrogen and oxygen atoms in total. The Morgan fingerprint density at radius 2 is 1.82 bits per heavy atom. The lowest BCUT2D eigenvalue weighted by Gasteiger charge is -2.12. The number of carbonyl (C=O) groups excluding carboxylic acids is 1. The maximum absolute atomic E-state index is 12.9. The van der Waals surface area contributed by atoms with E-state index in [0.717, 1.165) is 20.8 Å². The van der Waals surface area contributed by atoms with E-state index in [1.165, 1.54) is 6.07 Å². The van der Waals surface area contributed by atoms with Crippen LogP contribution in [0.25, 0.3) is 33.3 Å². The number of aromatic nitrogens is 1. The van der Waals surface area contributed by atoms with Crippen LogP contribution in [0.4, 0.5) is 5.69 Å². The molecule has 1 amide bonds. The molecule has 0 aliphatic rings. The van der Waals surface area contributed by atoms with Gasteiger partial charge in [-0.3, -0.25) is 10.1 Å². The van der Waals surface area contributed by atoms with Crippen molar-refractivity contribution in [2.75, 3.05) is 5.32 Å². The van der Waals surface area contributed by atoms with Gasteiger partial charge in [-0.1, -0.05) is 46.3 Å². The van der Waals surface area contributed by atoms with Gasteiger partial charge in [0.1, 0.15) is 11.3 Å². The average molecular weight is 532 g/mol. The van der Waals surface area contributed by atoms with E-state index in [4.69, 9.17) is 16.6 Å². The minimum atomic E-state index is -0.325. The molecule has 5 aromatic rings. The van der Waals surface area contributed by atoms with Crippen LogP contribution >= 0.6 is 28.1 Å². The predicted molar refractivity (Wildman–Crippen MR) is 141 cm³/mol. The Hall–Kier alpha value is -3.75. The van der Waals surface area contributed by atoms with Gasteiger partial charge in [-0.2, -0.15) is 0 Å². The van der Waals surface area contributed by atoms with Crippen LogP contribution in [0, 0.1) is 6.92 Å². The minimum Gasteiger partial charge on any atom is -0.507 e. The van der Waals surface area contributed by atoms with Crippen LogP contribution in [-0.4, -0.2) is 21.1 Å². The summed E-state index contributed by atoms with van der Waals surface area (Å²) < 4.78 is 6.73. The van der Waals surface area contributed by atoms with E-state index in [1.807, 2.05) is 55.5 Å². The van der Waals surface area contributed by atoms with E-state index in [9.17, 15) is 9.90 Å². The molecule has 0 unspecified atom stereocenters. The number of phenols is 1. The van der Waals surface area contributed by atoms with Gasteiger partial charge in [-0.25, -0.2) is 4.98 Å². The lowest BCUT2D eigenvalue weighted by Crippen LogP contribution is -2.34. The highest BCUT2D eigenvalue weighted by atomic mass is 79.9. The summed E-state index contributed by atoms with van der Waals surface area (Å²) in [6.45, 7) is 1.97. The maximum atomic E-state index is 12.9. The molecule has 0 radical (unpaired) electrons. The van der Waals surface area contributed by atoms with Gasteiger partial charge in [-0.05, 0) is 77.9 Å². The van der Waals surface area contributed by atoms with Crippen LogP contribution in [-0.2, 0) is 0 Å². The first kappa shape index (κ1) is 22.1. The fourth-order valence-electron chi connectivity index (χ4n) is 3.74. The standard InChI is InChI=1S/C26H18BrN3O3S/c1-14-8-11-23-21(12-14)29-25(33-23)19-13-15(9-10-22(19)31)28-26(34)30-24(32)18-6-2-5-17-16(18)4-3-7-20(17)27/h2-13,31H,1H3,(H2,28,30,32,34). The first-order valence-corrected chi connectivity index (χ1v) is 11.6. The van der Waals surface area contributed by atoms with Gasteiger partial charge < -0.3 is 14.8 Å². The zero-order chi connectivity index (χ0) is 23.8. The Bertz CT molecular complexity index is 1600. The second-order valence-electron chi connectivity index (χ2n) is 7.77. The SMILES string of the molecule is Cc1ccc2oc(-c3cc(NC(=S)NC(=O)c4cccc5c(Br)cccc45)ccc3O)nc2c1. The van der Waals surface area contributed by atoms with E-state index in [0.29, 0.717) is 27.9 Å². The topological polar surface area (TPSA) is 87.4 Å². The summed E-state index contributed by atoms with van der Waals surface area (Å²) in [5.41, 5.74) is 3.88. The Labute approximate surface area is 208 Å². The summed E-state index contributed by atoms with van der Waals surface area (Å²) in [6.07, 6.45) is 0. The van der Waals surface area contributed by atoms with Gasteiger partial charge in [0.05, 0.1) is 5.56 Å². The molecule has 0 saturated heterocycles. The summed E-state index contributed by atoms with van der Waals surface area (Å²) in [4.78, 5) is 17.4. The average Bonchev–Trinajstić information content (AvgIpc) is 3.23. The van der Waals surface area contributed by atoms with Crippen LogP contribution in [0.2, 0.25) is 0 Å². The molecule has 0 aliphatic heterocycles. The Balaban J connectivity index is 1.37. The second kappa shape index (κ2) is 8.89. The van der Waals surface area contributed by atoms with Crippen LogP contribution in [0.5, 0.6) is 5.75 Å². The third-order valence-electron chi connectivity index (χ3n) is 5.37. The number of anilines is 1. The Morgan fingerprint density at radius 1 is 1.03 bits per heavy atom. The number of halogens is 1. The number of fused-ring (bicyclic) bond motifs is 2. The van der Waals surface area contributed by atoms with Gasteiger partial charge in [0, 0.05) is 15.7 Å². The van der Waals surface area contributed by atoms with Crippen LogP contribution < -0.4 is 10.6 Å². The molecule has 0 spiro atoms. The molecule has 8 heteroatoms. The molecule has 168 valence electrons. The van der Waals surface area contributed by atoms with Crippen LogP contribution in [0.1, 0.15) is 15.9 Å². The summed E-state index contributed by atoms with van der Waals surface area (Å²) >= 11 is 8.89. The number of benzene rings is 4. The van der Waals surface area contributed by atoms with Crippen molar-refractivity contribution in [1.29, 1.82) is 0 Å². The normalized spacial score (nSPS) is 11.0. The zero-order valence-corrected chi connectivity index (χ0v) is 20.3. The van der Waals surface area contributed by atoms with E-state index >= 15 is 0 Å². The van der Waals surface area contributed by atoms with Crippen molar-refractivity contribution < 1.29 is 14.3 Å². The summed E-state index contributed by atoms with van der Waals surface area (Å²) in [5, 5.41) is 18.0. The van der Waals surface area contributed by atoms with Crippen LogP contribution in [0.15, 0.2) is 81.7 Å². The third kappa shape index (κ3) is 4.25. The molecular weight excluding hydrogens is 514 g/mol. The number of hydrogen-bond acceptors (Lipinski definition) is 5. The van der Waals surface area contributed by atoms with E-state index in [-0.39, 0.29) is 22.7 Å². The molecule has 0 aliphatic carbocycles. The summed E-state index contributed by atoms with van der Waals surface area (Å²) in [6, 6.07) is 21.7. The lowest BCUT2D eigenvalue weighted by molar-refractivity contribution is 0.0979. The number of amides is 1. The van der Waals surface area contributed by atoms with E-state index < -0.39 is 0 Å². The number of thiocarbonyl (C=S) groups is 1. The quantitative estimate of drug-likeness (QED) is 0.180. The van der Waals surface area contributed by atoms with Crippen molar-refractivity contribution in [2.45, 2.75) is 6.92 Å². The molecule has 0 bridgehead atoms. The second-order valence-corrected chi connectivity index (χ2v) is 9.03. The summed E-state index contributed by atoms with van der Waals surface area (Å²) in [5.74, 6) is -0.0160. The van der Waals surface area contributed by atoms with Crippen LogP contribution in [0.3, 0.4) is 0 Å². The molecule has 34 heavy (non-hydrogen) atoms. The molecule has 3 N–H and O–H groups in total. The number of rotatable bonds is 3. The van der Waals surface area contributed by atoms with Crippen molar-refractivity contribution in [3.63, 3.8) is 0 Å². The molecule has 0 atom stereocenters. The molecular formula is C26H18BrN3O3S. The molecule has 5 rings (SSSR count). The fraction of sp³-hybridized carbons (Fsp3) is 0.0385. The van der Waals surface area contributed by atoms with E-state index in [1.54, 1.807) is 18.2 Å². The first-order valence-electron chi connectivity index (χ1n) is 10.4. The van der Waals surface area contributed by atoms with Gasteiger partial charge in [0.15, 0.2) is 10.7 Å². The van der Waals surface area contributed by atoms with Crippen molar-refractivity contribution in [1.82, 2.24) is 10.3 Å². The van der Waals surface area contributed by atoms with Gasteiger partial charge in [-0.15, -0.1) is 0 Å². The van der Waals surface area contributed by atoms with Crippen molar-refractivity contribution >= 4 is 66.7 Å². The molecule has 1 aromatic heterocycles. The number of aryl methyl sites for hydroxylation is 1. The predicted octanol–water partition coefficient (Wildman–Crippen LogP) is 6.55. The smallest absolute Gasteiger partial charge is 0.258 e. The Morgan fingerprint density at radius 3 is 2.68 bits per heavy atom. The number of hydrogen-bond donors (Lipinski definition) is 3. The van der Waals surface area contributed by atoms with Crippen molar-refractivity contribution in [3.8, 4) is 17.2 Å². The number of aromatic hydroxyl groups is 1. The monoisotopic (exact) mass is 531 g/mol. The highest BCUT2D eigenvalue weighted by Crippen LogP contribution is 2.33. The molecule has 0 saturated carbocycles. The molecule has 4 aromatic carbocycles. The van der Waals surface area contributed by atoms with Gasteiger partial charge in [0.2, 0.25) is 5.89 Å². The molecule has 1 heterocycles. The lowest BCUT2D eigenvalue weighted by atomic mass is 10.0. The van der Waals surface area contributed by atoms with Crippen molar-refractivity contribution in [3.05, 3.63) is 88.4 Å². The largest absolute Gasteiger partial charge is 0.507 e.